The molecule has 2 aliphatic rings. The molecule has 0 spiro atoms. The number of primary amides is 1. The number of carboxylic acid groups (broad SMARTS) is 1. The highest BCUT2D eigenvalue weighted by Gasteiger charge is 2.48. The Morgan fingerprint density at radius 2 is 1.48 bits per heavy atom. The van der Waals surface area contributed by atoms with Gasteiger partial charge in [0.15, 0.2) is 0 Å². The number of amides is 7. The maximum atomic E-state index is 14.5. The topological polar surface area (TPSA) is 293 Å². The molecule has 10 N–H and O–H groups in total. The van der Waals surface area contributed by atoms with E-state index in [4.69, 9.17) is 16.2 Å². The number of piperidine rings is 1. The van der Waals surface area contributed by atoms with Crippen LogP contribution in [0, 0.1) is 11.8 Å². The minimum Gasteiger partial charge on any atom is -0.480 e. The third kappa shape index (κ3) is 13.8. The van der Waals surface area contributed by atoms with Gasteiger partial charge in [-0.15, -0.1) is 0 Å². The van der Waals surface area contributed by atoms with Crippen LogP contribution < -0.4 is 32.7 Å². The van der Waals surface area contributed by atoms with Crippen LogP contribution in [0.2, 0.25) is 0 Å². The molecule has 0 aliphatic carbocycles. The van der Waals surface area contributed by atoms with Crippen molar-refractivity contribution in [2.75, 3.05) is 13.1 Å². The first-order valence-corrected chi connectivity index (χ1v) is 21.8. The first-order chi connectivity index (χ1) is 30.3. The van der Waals surface area contributed by atoms with Crippen LogP contribution in [0.5, 0.6) is 0 Å². The summed E-state index contributed by atoms with van der Waals surface area (Å²) in [6.07, 6.45) is -2.11. The molecular weight excluding hydrogens is 829 g/mol. The molecule has 2 heterocycles. The van der Waals surface area contributed by atoms with Gasteiger partial charge in [-0.05, 0) is 55.6 Å². The summed E-state index contributed by atoms with van der Waals surface area (Å²) in [5.41, 5.74) is 13.1. The van der Waals surface area contributed by atoms with Crippen molar-refractivity contribution >= 4 is 47.3 Å². The second-order valence-corrected chi connectivity index (χ2v) is 17.1. The standard InChI is InChI=1S/C45H64N8O11/c1-6-26(4)36(43(60)52-19-13-18-32(52)45(62)63)50-39(56)27(5)48-42(59)33(20-25(2)3)53-23-34(64-24-29-16-11-8-12-17-29)38(55)37(44(53)61)51-41(58)31(22-35(47)54)49-40(57)30(46)21-28-14-9-7-10-15-28/h7-12,14-17,25-27,30-34,36-38,55H,6,13,18-24,46H2,1-5H3,(H2,47,54)(H,48,59)(H,49,57)(H,50,56)(H,51,58)(H,62,63)/t26-,27-,30-,31-,32-,33-,34+,36-,37-,38+/m0/s1. The summed E-state index contributed by atoms with van der Waals surface area (Å²) in [4.78, 5) is 110. The van der Waals surface area contributed by atoms with Crippen LogP contribution in [0.15, 0.2) is 60.7 Å². The Morgan fingerprint density at radius 3 is 2.06 bits per heavy atom. The molecular formula is C45H64N8O11. The molecule has 4 rings (SSSR count). The third-order valence-electron chi connectivity index (χ3n) is 11.6. The summed E-state index contributed by atoms with van der Waals surface area (Å²) in [6, 6.07) is 8.71. The molecule has 0 aromatic heterocycles. The van der Waals surface area contributed by atoms with Crippen LogP contribution in [-0.2, 0) is 56.1 Å². The number of carboxylic acids is 1. The van der Waals surface area contributed by atoms with Crippen molar-refractivity contribution in [1.82, 2.24) is 31.1 Å². The fourth-order valence-electron chi connectivity index (χ4n) is 7.82. The number of hydrogen-bond donors (Lipinski definition) is 8. The van der Waals surface area contributed by atoms with E-state index in [9.17, 15) is 48.6 Å². The summed E-state index contributed by atoms with van der Waals surface area (Å²) >= 11 is 0. The predicted octanol–water partition coefficient (Wildman–Crippen LogP) is -0.284. The molecule has 0 saturated carbocycles. The molecule has 7 amide bonds. The number of likely N-dealkylation sites (tertiary alicyclic amines) is 2. The minimum absolute atomic E-state index is 0.0239. The molecule has 2 aromatic rings. The third-order valence-corrected chi connectivity index (χ3v) is 11.6. The van der Waals surface area contributed by atoms with Crippen molar-refractivity contribution < 1.29 is 53.3 Å². The SMILES string of the molecule is CC[C@H](C)[C@H](NC(=O)[C@H](C)NC(=O)[C@H](CC(C)C)N1C[C@@H](OCc2ccccc2)[C@@H](O)[C@H](NC(=O)[C@H](CC(N)=O)NC(=O)[C@@H](N)Cc2ccccc2)C1=O)C(=O)N1CCC[C@H]1C(=O)O. The molecule has 19 heteroatoms. The van der Waals surface area contributed by atoms with E-state index in [2.05, 4.69) is 21.3 Å². The highest BCUT2D eigenvalue weighted by Crippen LogP contribution is 2.25. The largest absolute Gasteiger partial charge is 0.480 e. The summed E-state index contributed by atoms with van der Waals surface area (Å²) in [6.45, 7) is 8.50. The summed E-state index contributed by atoms with van der Waals surface area (Å²) in [5, 5.41) is 31.7. The Kier molecular flexibility index (Phi) is 18.8. The van der Waals surface area contributed by atoms with Gasteiger partial charge >= 0.3 is 5.97 Å². The predicted molar refractivity (Wildman–Crippen MR) is 233 cm³/mol. The van der Waals surface area contributed by atoms with Crippen LogP contribution in [0.1, 0.15) is 77.8 Å². The summed E-state index contributed by atoms with van der Waals surface area (Å²) in [7, 11) is 0. The Morgan fingerprint density at radius 1 is 0.859 bits per heavy atom. The molecule has 19 nitrogen and oxygen atoms in total. The van der Waals surface area contributed by atoms with Gasteiger partial charge in [-0.1, -0.05) is 94.8 Å². The molecule has 2 aliphatic heterocycles. The first kappa shape index (κ1) is 50.7. The molecule has 0 bridgehead atoms. The van der Waals surface area contributed by atoms with E-state index in [1.807, 2.05) is 26.8 Å². The summed E-state index contributed by atoms with van der Waals surface area (Å²) in [5.74, 6) is -7.40. The summed E-state index contributed by atoms with van der Waals surface area (Å²) < 4.78 is 6.14. The van der Waals surface area contributed by atoms with Crippen molar-refractivity contribution in [3.8, 4) is 0 Å². The number of nitrogens with two attached hydrogens (primary N) is 2. The van der Waals surface area contributed by atoms with E-state index in [1.165, 1.54) is 11.8 Å². The van der Waals surface area contributed by atoms with Crippen LogP contribution in [0.3, 0.4) is 0 Å². The normalized spacial score (nSPS) is 21.5. The Labute approximate surface area is 373 Å². The van der Waals surface area contributed by atoms with Gasteiger partial charge in [0.25, 0.3) is 0 Å². The number of nitrogens with one attached hydrogen (secondary N) is 4. The number of nitrogens with zero attached hydrogens (tertiary/aromatic N) is 2. The molecule has 350 valence electrons. The monoisotopic (exact) mass is 892 g/mol. The molecule has 2 saturated heterocycles. The lowest BCUT2D eigenvalue weighted by Gasteiger charge is -2.44. The van der Waals surface area contributed by atoms with Gasteiger partial charge in [0.2, 0.25) is 41.4 Å². The van der Waals surface area contributed by atoms with Crippen LogP contribution >= 0.6 is 0 Å². The van der Waals surface area contributed by atoms with Crippen LogP contribution in [0.4, 0.5) is 0 Å². The number of hydrogen-bond acceptors (Lipinski definition) is 11. The van der Waals surface area contributed by atoms with E-state index < -0.39 is 108 Å². The van der Waals surface area contributed by atoms with E-state index >= 15 is 0 Å². The molecule has 2 aromatic carbocycles. The smallest absolute Gasteiger partial charge is 0.326 e. The lowest BCUT2D eigenvalue weighted by atomic mass is 9.93. The number of carbonyl (C=O) groups excluding carboxylic acids is 7. The maximum Gasteiger partial charge on any atom is 0.326 e. The molecule has 64 heavy (non-hydrogen) atoms. The molecule has 10 atom stereocenters. The van der Waals surface area contributed by atoms with Gasteiger partial charge in [-0.25, -0.2) is 4.79 Å². The average Bonchev–Trinajstić information content (AvgIpc) is 3.76. The van der Waals surface area contributed by atoms with Crippen LogP contribution in [-0.4, -0.2) is 135 Å². The number of aliphatic hydroxyl groups is 1. The number of benzene rings is 2. The van der Waals surface area contributed by atoms with Crippen molar-refractivity contribution in [2.24, 2.45) is 23.3 Å². The van der Waals surface area contributed by atoms with Gasteiger partial charge in [0, 0.05) is 6.54 Å². The highest BCUT2D eigenvalue weighted by atomic mass is 16.5. The van der Waals surface area contributed by atoms with Crippen molar-refractivity contribution in [2.45, 2.75) is 134 Å². The fraction of sp³-hybridized carbons (Fsp3) is 0.556. The molecule has 0 unspecified atom stereocenters. The number of rotatable bonds is 22. The minimum atomic E-state index is -1.75. The van der Waals surface area contributed by atoms with Gasteiger partial charge in [0.05, 0.1) is 25.6 Å². The molecule has 2 fully saturated rings. The average molecular weight is 893 g/mol. The maximum absolute atomic E-state index is 14.5. The van der Waals surface area contributed by atoms with Crippen LogP contribution in [0.25, 0.3) is 0 Å². The van der Waals surface area contributed by atoms with Crippen molar-refractivity contribution in [3.05, 3.63) is 71.8 Å². The fourth-order valence-corrected chi connectivity index (χ4v) is 7.82. The number of aliphatic carboxylic acids is 1. The van der Waals surface area contributed by atoms with Gasteiger partial charge in [-0.2, -0.15) is 0 Å². The molecule has 0 radical (unpaired) electrons. The van der Waals surface area contributed by atoms with Gasteiger partial charge in [-0.3, -0.25) is 33.6 Å². The second kappa shape index (κ2) is 23.7. The Hall–Kier alpha value is -5.92. The Bertz CT molecular complexity index is 1950. The van der Waals surface area contributed by atoms with E-state index in [0.29, 0.717) is 12.8 Å². The van der Waals surface area contributed by atoms with Crippen molar-refractivity contribution in [1.29, 1.82) is 0 Å². The highest BCUT2D eigenvalue weighted by molar-refractivity contribution is 5.98. The zero-order valence-corrected chi connectivity index (χ0v) is 37.1. The van der Waals surface area contributed by atoms with Gasteiger partial charge in [0.1, 0.15) is 48.5 Å². The van der Waals surface area contributed by atoms with E-state index in [-0.39, 0.29) is 50.8 Å². The quantitative estimate of drug-likeness (QED) is 0.0758. The van der Waals surface area contributed by atoms with Crippen molar-refractivity contribution in [3.63, 3.8) is 0 Å². The number of carbonyl (C=O) groups is 8. The lowest BCUT2D eigenvalue weighted by molar-refractivity contribution is -0.165. The second-order valence-electron chi connectivity index (χ2n) is 17.1. The first-order valence-electron chi connectivity index (χ1n) is 21.8. The van der Waals surface area contributed by atoms with E-state index in [1.54, 1.807) is 61.5 Å². The van der Waals surface area contributed by atoms with E-state index in [0.717, 1.165) is 16.0 Å². The number of ether oxygens (including phenoxy) is 1. The zero-order chi connectivity index (χ0) is 47.2. The lowest BCUT2D eigenvalue weighted by Crippen LogP contribution is -2.69. The Balaban J connectivity index is 1.58. The zero-order valence-electron chi connectivity index (χ0n) is 37.1. The van der Waals surface area contributed by atoms with Gasteiger partial charge < -0.3 is 57.5 Å². The number of aliphatic hydroxyl groups excluding tert-OH is 1.